The summed E-state index contributed by atoms with van der Waals surface area (Å²) in [5.74, 6) is 0. The number of nitrogens with zero attached hydrogens (tertiary/aromatic N) is 2. The van der Waals surface area contributed by atoms with E-state index in [1.165, 1.54) is 93.9 Å². The second-order valence-corrected chi connectivity index (χ2v) is 16.4. The summed E-state index contributed by atoms with van der Waals surface area (Å²) >= 11 is 0. The Kier molecular flexibility index (Phi) is 7.26. The first-order valence-electron chi connectivity index (χ1n) is 21.2. The summed E-state index contributed by atoms with van der Waals surface area (Å²) in [4.78, 5) is 2.53. The molecule has 0 bridgehead atoms. The minimum atomic E-state index is -0.559. The Labute approximate surface area is 354 Å². The number of para-hydroxylation sites is 4. The molecule has 1 aliphatic carbocycles. The Morgan fingerprint density at radius 3 is 1.85 bits per heavy atom. The van der Waals surface area contributed by atoms with Crippen LogP contribution in [0, 0.1) is 0 Å². The zero-order valence-electron chi connectivity index (χ0n) is 33.3. The monoisotopic (exact) mass is 774 g/mol. The van der Waals surface area contributed by atoms with E-state index in [1.54, 1.807) is 0 Å². The van der Waals surface area contributed by atoms with Crippen LogP contribution >= 0.6 is 0 Å². The third-order valence-corrected chi connectivity index (χ3v) is 13.4. The van der Waals surface area contributed by atoms with Crippen LogP contribution in [0.25, 0.3) is 71.6 Å². The fourth-order valence-corrected chi connectivity index (χ4v) is 11.0. The molecule has 1 aliphatic heterocycles. The molecule has 1 unspecified atom stereocenters. The van der Waals surface area contributed by atoms with Crippen molar-refractivity contribution < 1.29 is 0 Å². The average molecular weight is 775 g/mol. The SMILES string of the molecule is c1ccc(-c2ccccc2-c2ccccc2N(c2ccc3ccccc3c2)c2cccc3c2-c2ccccc2C32c3ccccc3-n3c4ccccc4c4cccc2c43)cc1. The van der Waals surface area contributed by atoms with Gasteiger partial charge >= 0.3 is 0 Å². The van der Waals surface area contributed by atoms with Crippen molar-refractivity contribution in [1.29, 1.82) is 0 Å². The fraction of sp³-hybridized carbons (Fsp3) is 0.0169. The molecule has 1 spiro atoms. The lowest BCUT2D eigenvalue weighted by molar-refractivity contribution is 0.748. The molecule has 1 aromatic heterocycles. The highest BCUT2D eigenvalue weighted by Gasteiger charge is 2.51. The van der Waals surface area contributed by atoms with E-state index in [4.69, 9.17) is 0 Å². The van der Waals surface area contributed by atoms with Gasteiger partial charge in [0.25, 0.3) is 0 Å². The molecule has 13 rings (SSSR count). The molecule has 2 heteroatoms. The number of benzene rings is 10. The minimum Gasteiger partial charge on any atom is -0.309 e. The van der Waals surface area contributed by atoms with E-state index in [0.717, 1.165) is 17.1 Å². The third kappa shape index (κ3) is 4.67. The third-order valence-electron chi connectivity index (χ3n) is 13.4. The average Bonchev–Trinajstić information content (AvgIpc) is 3.83. The Morgan fingerprint density at radius 1 is 0.361 bits per heavy atom. The van der Waals surface area contributed by atoms with E-state index in [0.29, 0.717) is 0 Å². The van der Waals surface area contributed by atoms with E-state index in [-0.39, 0.29) is 0 Å². The van der Waals surface area contributed by atoms with E-state index >= 15 is 0 Å². The van der Waals surface area contributed by atoms with Gasteiger partial charge in [-0.25, -0.2) is 0 Å². The number of anilines is 3. The highest BCUT2D eigenvalue weighted by molar-refractivity contribution is 6.13. The van der Waals surface area contributed by atoms with Gasteiger partial charge in [-0.3, -0.25) is 0 Å². The second-order valence-electron chi connectivity index (χ2n) is 16.4. The number of hydrogen-bond acceptors (Lipinski definition) is 1. The van der Waals surface area contributed by atoms with Gasteiger partial charge in [-0.15, -0.1) is 0 Å². The van der Waals surface area contributed by atoms with Crippen LogP contribution in [0.4, 0.5) is 17.1 Å². The summed E-state index contributed by atoms with van der Waals surface area (Å²) in [5, 5.41) is 4.99. The van der Waals surface area contributed by atoms with Gasteiger partial charge in [-0.2, -0.15) is 0 Å². The van der Waals surface area contributed by atoms with Gasteiger partial charge < -0.3 is 9.47 Å². The van der Waals surface area contributed by atoms with Crippen molar-refractivity contribution in [3.05, 3.63) is 253 Å². The lowest BCUT2D eigenvalue weighted by Gasteiger charge is -2.39. The summed E-state index contributed by atoms with van der Waals surface area (Å²) in [6.45, 7) is 0. The van der Waals surface area contributed by atoms with Crippen molar-refractivity contribution in [1.82, 2.24) is 4.57 Å². The largest absolute Gasteiger partial charge is 0.309 e. The molecule has 0 amide bonds. The van der Waals surface area contributed by atoms with Crippen LogP contribution in [0.3, 0.4) is 0 Å². The van der Waals surface area contributed by atoms with Gasteiger partial charge in [0.15, 0.2) is 0 Å². The molecule has 0 saturated carbocycles. The number of aromatic nitrogens is 1. The van der Waals surface area contributed by atoms with Gasteiger partial charge in [0.05, 0.1) is 33.5 Å². The highest BCUT2D eigenvalue weighted by atomic mass is 15.1. The van der Waals surface area contributed by atoms with Crippen molar-refractivity contribution >= 4 is 49.6 Å². The highest BCUT2D eigenvalue weighted by Crippen LogP contribution is 2.63. The van der Waals surface area contributed by atoms with Gasteiger partial charge in [0.1, 0.15) is 0 Å². The summed E-state index contributed by atoms with van der Waals surface area (Å²) < 4.78 is 2.52. The van der Waals surface area contributed by atoms with Crippen molar-refractivity contribution in [2.45, 2.75) is 5.41 Å². The Balaban J connectivity index is 1.14. The summed E-state index contributed by atoms with van der Waals surface area (Å²) in [7, 11) is 0. The molecule has 0 radical (unpaired) electrons. The van der Waals surface area contributed by atoms with E-state index in [1.807, 2.05) is 0 Å². The van der Waals surface area contributed by atoms with Crippen molar-refractivity contribution in [3.63, 3.8) is 0 Å². The van der Waals surface area contributed by atoms with Gasteiger partial charge in [-0.05, 0) is 91.7 Å². The molecule has 1 atom stereocenters. The molecule has 2 heterocycles. The first-order chi connectivity index (χ1) is 30.3. The van der Waals surface area contributed by atoms with Gasteiger partial charge in [0, 0.05) is 27.6 Å². The molecule has 0 N–H and O–H groups in total. The molecule has 11 aromatic rings. The zero-order valence-corrected chi connectivity index (χ0v) is 33.3. The van der Waals surface area contributed by atoms with E-state index in [2.05, 4.69) is 240 Å². The van der Waals surface area contributed by atoms with Gasteiger partial charge in [0.2, 0.25) is 0 Å². The Bertz CT molecular complexity index is 3560. The Hall–Kier alpha value is -7.94. The van der Waals surface area contributed by atoms with Crippen molar-refractivity contribution in [2.75, 3.05) is 4.90 Å². The summed E-state index contributed by atoms with van der Waals surface area (Å²) in [6.07, 6.45) is 0. The number of fused-ring (bicyclic) bond motifs is 13. The maximum atomic E-state index is 2.53. The maximum Gasteiger partial charge on any atom is 0.0755 e. The summed E-state index contributed by atoms with van der Waals surface area (Å²) in [5.41, 5.74) is 19.1. The zero-order chi connectivity index (χ0) is 40.1. The van der Waals surface area contributed by atoms with Crippen LogP contribution in [0.2, 0.25) is 0 Å². The van der Waals surface area contributed by atoms with Crippen LogP contribution in [0.1, 0.15) is 22.3 Å². The summed E-state index contributed by atoms with van der Waals surface area (Å²) in [6, 6.07) is 85.4. The molecular formula is C59H38N2. The van der Waals surface area contributed by atoms with Crippen LogP contribution in [0.15, 0.2) is 231 Å². The Morgan fingerprint density at radius 2 is 0.967 bits per heavy atom. The predicted molar refractivity (Wildman–Crippen MR) is 255 cm³/mol. The van der Waals surface area contributed by atoms with Crippen molar-refractivity contribution in [3.8, 4) is 39.1 Å². The van der Waals surface area contributed by atoms with Crippen LogP contribution in [-0.2, 0) is 5.41 Å². The minimum absolute atomic E-state index is 0.559. The molecule has 0 saturated heterocycles. The topological polar surface area (TPSA) is 8.17 Å². The standard InChI is InChI=1S/C59H38N2/c1-2-19-40(20-3-1)43-22-6-7-23-44(43)45-24-9-13-32-53(45)60(42-37-36-39-18-4-5-21-41(39)38-42)56-35-17-30-51-57(56)48-26-8-11-28-49(48)59(51)50-29-12-15-34-55(50)61-54-33-14-10-25-46(54)47-27-16-31-52(59)58(47)61/h1-38H. The molecule has 2 nitrogen and oxygen atoms in total. The second kappa shape index (κ2) is 13.0. The first kappa shape index (κ1) is 34.0. The predicted octanol–water partition coefficient (Wildman–Crippen LogP) is 15.4. The fourth-order valence-electron chi connectivity index (χ4n) is 11.0. The molecule has 284 valence electrons. The lowest BCUT2D eigenvalue weighted by Crippen LogP contribution is -2.33. The van der Waals surface area contributed by atoms with Crippen LogP contribution in [0.5, 0.6) is 0 Å². The van der Waals surface area contributed by atoms with Crippen LogP contribution in [-0.4, -0.2) is 4.57 Å². The number of rotatable bonds is 5. The molecule has 2 aliphatic rings. The molecular weight excluding hydrogens is 737 g/mol. The number of hydrogen-bond donors (Lipinski definition) is 0. The van der Waals surface area contributed by atoms with Crippen molar-refractivity contribution in [2.24, 2.45) is 0 Å². The van der Waals surface area contributed by atoms with E-state index < -0.39 is 5.41 Å². The first-order valence-corrected chi connectivity index (χ1v) is 21.2. The molecule has 61 heavy (non-hydrogen) atoms. The molecule has 10 aromatic carbocycles. The normalized spacial score (nSPS) is 14.6. The lowest BCUT2D eigenvalue weighted by atomic mass is 9.65. The van der Waals surface area contributed by atoms with Gasteiger partial charge in [-0.1, -0.05) is 194 Å². The van der Waals surface area contributed by atoms with E-state index in [9.17, 15) is 0 Å². The molecule has 0 fully saturated rings. The smallest absolute Gasteiger partial charge is 0.0755 e. The maximum absolute atomic E-state index is 2.53. The van der Waals surface area contributed by atoms with Crippen LogP contribution < -0.4 is 4.90 Å². The quantitative estimate of drug-likeness (QED) is 0.169.